The van der Waals surface area contributed by atoms with E-state index >= 15 is 0 Å². The van der Waals surface area contributed by atoms with Crippen LogP contribution in [0.5, 0.6) is 0 Å². The summed E-state index contributed by atoms with van der Waals surface area (Å²) >= 11 is 0. The molecule has 0 aliphatic heterocycles. The van der Waals surface area contributed by atoms with Crippen molar-refractivity contribution in [3.63, 3.8) is 0 Å². The summed E-state index contributed by atoms with van der Waals surface area (Å²) in [5.41, 5.74) is 2.66. The maximum atomic E-state index is 12.3. The number of aromatic nitrogens is 3. The second-order valence-electron chi connectivity index (χ2n) is 5.95. The van der Waals surface area contributed by atoms with E-state index in [9.17, 15) is 9.59 Å². The molecule has 2 aromatic carbocycles. The molecule has 6 nitrogen and oxygen atoms in total. The Labute approximate surface area is 145 Å². The van der Waals surface area contributed by atoms with Crippen LogP contribution in [0.2, 0.25) is 0 Å². The number of rotatable bonds is 5. The zero-order valence-corrected chi connectivity index (χ0v) is 14.3. The van der Waals surface area contributed by atoms with Crippen LogP contribution < -0.4 is 11.0 Å². The van der Waals surface area contributed by atoms with Gasteiger partial charge in [0.15, 0.2) is 5.82 Å². The summed E-state index contributed by atoms with van der Waals surface area (Å²) in [6.07, 6.45) is 0. The van der Waals surface area contributed by atoms with Gasteiger partial charge in [0.2, 0.25) is 5.91 Å². The van der Waals surface area contributed by atoms with Gasteiger partial charge < -0.3 is 5.32 Å². The van der Waals surface area contributed by atoms with E-state index in [2.05, 4.69) is 10.4 Å². The van der Waals surface area contributed by atoms with Crippen molar-refractivity contribution in [1.29, 1.82) is 0 Å². The van der Waals surface area contributed by atoms with Gasteiger partial charge in [0, 0.05) is 19.2 Å². The largest absolute Gasteiger partial charge is 0.350 e. The minimum Gasteiger partial charge on any atom is -0.350 e. The van der Waals surface area contributed by atoms with Crippen LogP contribution in [0.15, 0.2) is 59.4 Å². The lowest BCUT2D eigenvalue weighted by Crippen LogP contribution is -2.33. The van der Waals surface area contributed by atoms with Crippen molar-refractivity contribution in [2.45, 2.75) is 20.0 Å². The summed E-state index contributed by atoms with van der Waals surface area (Å²) in [4.78, 5) is 24.4. The molecule has 25 heavy (non-hydrogen) atoms. The number of carbonyl (C=O) groups excluding carboxylic acids is 1. The maximum Gasteiger partial charge on any atom is 0.346 e. The van der Waals surface area contributed by atoms with E-state index in [1.54, 1.807) is 7.05 Å². The first-order valence-corrected chi connectivity index (χ1v) is 8.06. The molecular formula is C19H20N4O2. The fourth-order valence-electron chi connectivity index (χ4n) is 2.53. The van der Waals surface area contributed by atoms with Gasteiger partial charge in [-0.2, -0.15) is 0 Å². The Morgan fingerprint density at radius 2 is 1.76 bits per heavy atom. The quantitative estimate of drug-likeness (QED) is 0.773. The lowest BCUT2D eigenvalue weighted by molar-refractivity contribution is -0.122. The zero-order valence-electron chi connectivity index (χ0n) is 14.3. The molecule has 0 unspecified atom stereocenters. The number of aryl methyl sites for hydroxylation is 1. The molecule has 3 rings (SSSR count). The number of carbonyl (C=O) groups is 1. The summed E-state index contributed by atoms with van der Waals surface area (Å²) in [5.74, 6) is 0.292. The first-order valence-electron chi connectivity index (χ1n) is 8.06. The Morgan fingerprint density at radius 3 is 2.44 bits per heavy atom. The van der Waals surface area contributed by atoms with E-state index in [0.717, 1.165) is 16.7 Å². The Kier molecular flexibility index (Phi) is 4.79. The van der Waals surface area contributed by atoms with Crippen LogP contribution in [0.4, 0.5) is 0 Å². The van der Waals surface area contributed by atoms with Crippen LogP contribution in [-0.4, -0.2) is 20.3 Å². The SMILES string of the molecule is Cc1ccc(-c2nn(CC(=O)NCc3ccccc3)c(=O)n2C)cc1. The van der Waals surface area contributed by atoms with Crippen molar-refractivity contribution < 1.29 is 4.79 Å². The molecule has 0 radical (unpaired) electrons. The van der Waals surface area contributed by atoms with Gasteiger partial charge in [-0.3, -0.25) is 9.36 Å². The molecule has 0 atom stereocenters. The van der Waals surface area contributed by atoms with E-state index in [1.807, 2.05) is 61.5 Å². The predicted octanol–water partition coefficient (Wildman–Crippen LogP) is 1.87. The fourth-order valence-corrected chi connectivity index (χ4v) is 2.53. The molecule has 0 aliphatic rings. The summed E-state index contributed by atoms with van der Waals surface area (Å²) in [7, 11) is 1.66. The third kappa shape index (κ3) is 3.85. The van der Waals surface area contributed by atoms with Crippen LogP contribution in [0.1, 0.15) is 11.1 Å². The molecule has 0 fully saturated rings. The molecule has 6 heteroatoms. The summed E-state index contributed by atoms with van der Waals surface area (Å²) in [6, 6.07) is 17.4. The summed E-state index contributed by atoms with van der Waals surface area (Å²) in [6.45, 7) is 2.32. The van der Waals surface area contributed by atoms with Crippen LogP contribution >= 0.6 is 0 Å². The molecule has 0 saturated carbocycles. The molecule has 1 N–H and O–H groups in total. The lowest BCUT2D eigenvalue weighted by atomic mass is 10.1. The highest BCUT2D eigenvalue weighted by Gasteiger charge is 2.14. The monoisotopic (exact) mass is 336 g/mol. The molecule has 1 aromatic heterocycles. The van der Waals surface area contributed by atoms with Crippen LogP contribution in [0.25, 0.3) is 11.4 Å². The molecular weight excluding hydrogens is 316 g/mol. The maximum absolute atomic E-state index is 12.3. The van der Waals surface area contributed by atoms with Crippen molar-refractivity contribution >= 4 is 5.91 Å². The van der Waals surface area contributed by atoms with Gasteiger partial charge in [0.25, 0.3) is 0 Å². The van der Waals surface area contributed by atoms with E-state index < -0.39 is 0 Å². The minimum absolute atomic E-state index is 0.106. The summed E-state index contributed by atoms with van der Waals surface area (Å²) in [5, 5.41) is 7.11. The highest BCUT2D eigenvalue weighted by atomic mass is 16.2. The van der Waals surface area contributed by atoms with E-state index in [4.69, 9.17) is 0 Å². The molecule has 1 amide bonds. The van der Waals surface area contributed by atoms with Crippen LogP contribution in [0, 0.1) is 6.92 Å². The van der Waals surface area contributed by atoms with Crippen molar-refractivity contribution in [1.82, 2.24) is 19.7 Å². The topological polar surface area (TPSA) is 68.9 Å². The van der Waals surface area contributed by atoms with Gasteiger partial charge in [0.1, 0.15) is 6.54 Å². The first-order chi connectivity index (χ1) is 12.0. The van der Waals surface area contributed by atoms with Crippen molar-refractivity contribution in [2.75, 3.05) is 0 Å². The number of nitrogens with one attached hydrogen (secondary N) is 1. The molecule has 0 aliphatic carbocycles. The molecule has 0 saturated heterocycles. The average molecular weight is 336 g/mol. The Hall–Kier alpha value is -3.15. The van der Waals surface area contributed by atoms with Gasteiger partial charge in [-0.05, 0) is 12.5 Å². The predicted molar refractivity (Wildman–Crippen MR) is 95.9 cm³/mol. The van der Waals surface area contributed by atoms with E-state index in [1.165, 1.54) is 9.25 Å². The van der Waals surface area contributed by atoms with Gasteiger partial charge in [-0.25, -0.2) is 9.48 Å². The smallest absolute Gasteiger partial charge is 0.346 e. The molecule has 128 valence electrons. The second kappa shape index (κ2) is 7.17. The van der Waals surface area contributed by atoms with E-state index in [-0.39, 0.29) is 18.1 Å². The molecule has 1 heterocycles. The van der Waals surface area contributed by atoms with Crippen LogP contribution in [0.3, 0.4) is 0 Å². The number of benzene rings is 2. The second-order valence-corrected chi connectivity index (χ2v) is 5.95. The third-order valence-corrected chi connectivity index (χ3v) is 3.98. The van der Waals surface area contributed by atoms with Crippen molar-refractivity contribution in [2.24, 2.45) is 7.05 Å². The number of hydrogen-bond acceptors (Lipinski definition) is 3. The Morgan fingerprint density at radius 1 is 1.08 bits per heavy atom. The molecule has 0 spiro atoms. The highest BCUT2D eigenvalue weighted by molar-refractivity contribution is 5.75. The number of hydrogen-bond donors (Lipinski definition) is 1. The number of nitrogens with zero attached hydrogens (tertiary/aromatic N) is 3. The van der Waals surface area contributed by atoms with Gasteiger partial charge >= 0.3 is 5.69 Å². The third-order valence-electron chi connectivity index (χ3n) is 3.98. The Bertz CT molecular complexity index is 924. The average Bonchev–Trinajstić information content (AvgIpc) is 2.90. The van der Waals surface area contributed by atoms with Crippen LogP contribution in [-0.2, 0) is 24.9 Å². The standard InChI is InChI=1S/C19H20N4O2/c1-14-8-10-16(11-9-14)18-21-23(19(25)22(18)2)13-17(24)20-12-15-6-4-3-5-7-15/h3-11H,12-13H2,1-2H3,(H,20,24). The normalized spacial score (nSPS) is 10.6. The van der Waals surface area contributed by atoms with Crippen molar-refractivity contribution in [3.8, 4) is 11.4 Å². The molecule has 3 aromatic rings. The zero-order chi connectivity index (χ0) is 17.8. The molecule has 0 bridgehead atoms. The lowest BCUT2D eigenvalue weighted by Gasteiger charge is -2.04. The minimum atomic E-state index is -0.314. The Balaban J connectivity index is 1.72. The summed E-state index contributed by atoms with van der Waals surface area (Å²) < 4.78 is 2.64. The number of amides is 1. The first kappa shape index (κ1) is 16.7. The van der Waals surface area contributed by atoms with Gasteiger partial charge in [-0.15, -0.1) is 5.10 Å². The van der Waals surface area contributed by atoms with Gasteiger partial charge in [-0.1, -0.05) is 60.2 Å². The van der Waals surface area contributed by atoms with E-state index in [0.29, 0.717) is 12.4 Å². The highest BCUT2D eigenvalue weighted by Crippen LogP contribution is 2.15. The van der Waals surface area contributed by atoms with Gasteiger partial charge in [0.05, 0.1) is 0 Å². The van der Waals surface area contributed by atoms with Crippen molar-refractivity contribution in [3.05, 3.63) is 76.2 Å². The fraction of sp³-hybridized carbons (Fsp3) is 0.211.